The Bertz CT molecular complexity index is 744. The van der Waals surface area contributed by atoms with Gasteiger partial charge >= 0.3 is 0 Å². The molecule has 8 heteroatoms. The molecule has 25 heavy (non-hydrogen) atoms. The highest BCUT2D eigenvalue weighted by atomic mass is 32.1. The zero-order valence-electron chi connectivity index (χ0n) is 14.1. The van der Waals surface area contributed by atoms with Crippen molar-refractivity contribution in [2.75, 3.05) is 5.32 Å². The van der Waals surface area contributed by atoms with E-state index in [9.17, 15) is 14.4 Å². The Balaban J connectivity index is 1.54. The van der Waals surface area contributed by atoms with Crippen molar-refractivity contribution in [3.63, 3.8) is 0 Å². The minimum absolute atomic E-state index is 0.146. The number of nitrogens with one attached hydrogen (secondary N) is 1. The molecule has 132 valence electrons. The fraction of sp³-hybridized carbons (Fsp3) is 0.588. The molecule has 0 aromatic carbocycles. The highest BCUT2D eigenvalue weighted by molar-refractivity contribution is 7.15. The van der Waals surface area contributed by atoms with Gasteiger partial charge in [-0.15, -0.1) is 10.2 Å². The third-order valence-corrected chi connectivity index (χ3v) is 6.49. The van der Waals surface area contributed by atoms with Crippen molar-refractivity contribution in [3.8, 4) is 0 Å². The Labute approximate surface area is 149 Å². The fourth-order valence-electron chi connectivity index (χ4n) is 4.35. The molecule has 2 bridgehead atoms. The van der Waals surface area contributed by atoms with Crippen LogP contribution in [0.3, 0.4) is 0 Å². The van der Waals surface area contributed by atoms with Crippen molar-refractivity contribution >= 4 is 34.2 Å². The number of likely N-dealkylation sites (tertiary alicyclic amines) is 1. The highest BCUT2D eigenvalue weighted by Gasteiger charge is 2.60. The van der Waals surface area contributed by atoms with E-state index in [1.165, 1.54) is 16.2 Å². The summed E-state index contributed by atoms with van der Waals surface area (Å²) < 4.78 is 0. The van der Waals surface area contributed by atoms with Gasteiger partial charge in [0, 0.05) is 0 Å². The van der Waals surface area contributed by atoms with Gasteiger partial charge in [-0.25, -0.2) is 0 Å². The number of imide groups is 1. The number of aryl methyl sites for hydroxylation is 1. The zero-order chi connectivity index (χ0) is 17.7. The largest absolute Gasteiger partial charge is 0.299 e. The van der Waals surface area contributed by atoms with Gasteiger partial charge in [0.2, 0.25) is 22.9 Å². The van der Waals surface area contributed by atoms with Crippen LogP contribution in [0.5, 0.6) is 0 Å². The third kappa shape index (κ3) is 2.42. The molecule has 1 saturated heterocycles. The number of aromatic nitrogens is 2. The minimum Gasteiger partial charge on any atom is -0.299 e. The molecule has 3 aliphatic rings. The van der Waals surface area contributed by atoms with Gasteiger partial charge in [0.1, 0.15) is 11.0 Å². The summed E-state index contributed by atoms with van der Waals surface area (Å²) in [5.74, 6) is -1.03. The van der Waals surface area contributed by atoms with Gasteiger partial charge in [-0.05, 0) is 31.1 Å². The van der Waals surface area contributed by atoms with Crippen molar-refractivity contribution < 1.29 is 14.4 Å². The van der Waals surface area contributed by atoms with E-state index < -0.39 is 6.04 Å². The molecule has 2 heterocycles. The lowest BCUT2D eigenvalue weighted by molar-refractivity contribution is -0.147. The molecule has 3 amide bonds. The molecular weight excluding hydrogens is 340 g/mol. The van der Waals surface area contributed by atoms with Crippen LogP contribution in [0.25, 0.3) is 0 Å². The van der Waals surface area contributed by atoms with Gasteiger partial charge < -0.3 is 0 Å². The van der Waals surface area contributed by atoms with E-state index in [0.29, 0.717) is 11.6 Å². The van der Waals surface area contributed by atoms with Crippen LogP contribution in [0.2, 0.25) is 0 Å². The predicted octanol–water partition coefficient (Wildman–Crippen LogP) is 1.62. The van der Waals surface area contributed by atoms with Gasteiger partial charge in [0.05, 0.1) is 11.8 Å². The Morgan fingerprint density at radius 2 is 1.88 bits per heavy atom. The second-order valence-electron chi connectivity index (χ2n) is 6.81. The zero-order valence-corrected chi connectivity index (χ0v) is 15.0. The Hall–Kier alpha value is -2.09. The quantitative estimate of drug-likeness (QED) is 0.636. The highest BCUT2D eigenvalue weighted by Crippen LogP contribution is 2.53. The topological polar surface area (TPSA) is 92.3 Å². The molecule has 0 radical (unpaired) electrons. The van der Waals surface area contributed by atoms with E-state index in [4.69, 9.17) is 0 Å². The lowest BCUT2D eigenvalue weighted by Crippen LogP contribution is -2.48. The summed E-state index contributed by atoms with van der Waals surface area (Å²) >= 11 is 1.31. The molecular formula is C17H20N4O3S. The summed E-state index contributed by atoms with van der Waals surface area (Å²) in [5.41, 5.74) is 0. The van der Waals surface area contributed by atoms with Crippen molar-refractivity contribution in [2.24, 2.45) is 23.7 Å². The van der Waals surface area contributed by atoms with Crippen LogP contribution < -0.4 is 5.32 Å². The number of carbonyl (C=O) groups is 3. The number of amides is 3. The van der Waals surface area contributed by atoms with Gasteiger partial charge in [-0.1, -0.05) is 37.3 Å². The number of allylic oxidation sites excluding steroid dienone is 2. The molecule has 1 saturated carbocycles. The normalized spacial score (nSPS) is 30.9. The van der Waals surface area contributed by atoms with Gasteiger partial charge in [-0.2, -0.15) is 0 Å². The number of fused-ring (bicyclic) bond motifs is 5. The molecule has 1 N–H and O–H groups in total. The van der Waals surface area contributed by atoms with Crippen LogP contribution >= 0.6 is 11.3 Å². The number of rotatable bonds is 5. The first-order valence-corrected chi connectivity index (χ1v) is 9.55. The van der Waals surface area contributed by atoms with Crippen LogP contribution in [0.1, 0.15) is 31.7 Å². The first-order chi connectivity index (χ1) is 12.0. The minimum atomic E-state index is -0.793. The second kappa shape index (κ2) is 6.01. The number of anilines is 1. The van der Waals surface area contributed by atoms with E-state index >= 15 is 0 Å². The van der Waals surface area contributed by atoms with Crippen LogP contribution in [-0.4, -0.2) is 38.9 Å². The summed E-state index contributed by atoms with van der Waals surface area (Å²) in [7, 11) is 0. The van der Waals surface area contributed by atoms with Gasteiger partial charge in [-0.3, -0.25) is 24.6 Å². The summed E-state index contributed by atoms with van der Waals surface area (Å²) in [6.45, 7) is 3.77. The predicted molar refractivity (Wildman–Crippen MR) is 91.6 cm³/mol. The lowest BCUT2D eigenvalue weighted by Gasteiger charge is -2.25. The van der Waals surface area contributed by atoms with E-state index in [0.717, 1.165) is 17.8 Å². The smallest absolute Gasteiger partial charge is 0.249 e. The van der Waals surface area contributed by atoms with Crippen LogP contribution in [0.4, 0.5) is 5.13 Å². The average molecular weight is 360 g/mol. The molecule has 2 aliphatic carbocycles. The molecule has 5 unspecified atom stereocenters. The van der Waals surface area contributed by atoms with Crippen molar-refractivity contribution in [1.82, 2.24) is 15.1 Å². The first-order valence-electron chi connectivity index (χ1n) is 8.73. The standard InChI is InChI=1S/C17H20N4O3S/c1-3-10(14(22)18-17-20-19-11(4-2)25-17)21-15(23)12-8-5-6-9(7-8)13(12)16(21)24/h5-6,8-10,12-13H,3-4,7H2,1-2H3,(H,18,20,22). The fourth-order valence-corrected chi connectivity index (χ4v) is 5.04. The summed E-state index contributed by atoms with van der Waals surface area (Å²) in [6.07, 6.45) is 6.11. The molecule has 4 rings (SSSR count). The molecule has 1 aromatic heterocycles. The molecule has 0 spiro atoms. The van der Waals surface area contributed by atoms with Crippen LogP contribution in [0, 0.1) is 23.7 Å². The maximum absolute atomic E-state index is 12.9. The number of hydrogen-bond acceptors (Lipinski definition) is 6. The Morgan fingerprint density at radius 1 is 1.24 bits per heavy atom. The van der Waals surface area contributed by atoms with Crippen LogP contribution in [0.15, 0.2) is 12.2 Å². The van der Waals surface area contributed by atoms with Crippen molar-refractivity contribution in [3.05, 3.63) is 17.2 Å². The number of nitrogens with zero attached hydrogens (tertiary/aromatic N) is 3. The van der Waals surface area contributed by atoms with E-state index in [1.54, 1.807) is 0 Å². The van der Waals surface area contributed by atoms with E-state index in [2.05, 4.69) is 27.7 Å². The molecule has 2 fully saturated rings. The number of hydrogen-bond donors (Lipinski definition) is 1. The third-order valence-electron chi connectivity index (χ3n) is 5.50. The lowest BCUT2D eigenvalue weighted by atomic mass is 9.85. The maximum Gasteiger partial charge on any atom is 0.249 e. The molecule has 1 aliphatic heterocycles. The van der Waals surface area contributed by atoms with Crippen molar-refractivity contribution in [1.29, 1.82) is 0 Å². The van der Waals surface area contributed by atoms with Crippen molar-refractivity contribution in [2.45, 2.75) is 39.2 Å². The first kappa shape index (κ1) is 16.4. The Kier molecular flexibility index (Phi) is 3.94. The average Bonchev–Trinajstić information content (AvgIpc) is 3.35. The summed E-state index contributed by atoms with van der Waals surface area (Å²) in [4.78, 5) is 39.6. The monoisotopic (exact) mass is 360 g/mol. The SMILES string of the molecule is CCc1nnc(NC(=O)C(CC)N2C(=O)C3C4C=CC(C4)C3C2=O)s1. The summed E-state index contributed by atoms with van der Waals surface area (Å²) in [5, 5.41) is 11.9. The van der Waals surface area contributed by atoms with Gasteiger partial charge in [0.15, 0.2) is 0 Å². The van der Waals surface area contributed by atoms with E-state index in [1.807, 2.05) is 13.8 Å². The maximum atomic E-state index is 12.9. The molecule has 1 aromatic rings. The second-order valence-corrected chi connectivity index (χ2v) is 7.88. The molecule has 5 atom stereocenters. The van der Waals surface area contributed by atoms with Crippen LogP contribution in [-0.2, 0) is 20.8 Å². The van der Waals surface area contributed by atoms with E-state index in [-0.39, 0.29) is 41.4 Å². The summed E-state index contributed by atoms with van der Waals surface area (Å²) in [6, 6.07) is -0.793. The molecule has 7 nitrogen and oxygen atoms in total. The van der Waals surface area contributed by atoms with Gasteiger partial charge in [0.25, 0.3) is 0 Å². The Morgan fingerprint density at radius 3 is 2.40 bits per heavy atom. The number of carbonyl (C=O) groups excluding carboxylic acids is 3.